The average molecular weight is 536 g/mol. The molecule has 11 heteroatoms. The number of likely N-dealkylation sites (tertiary alicyclic amines) is 1. The van der Waals surface area contributed by atoms with E-state index < -0.39 is 51.3 Å². The molecule has 2 heterocycles. The van der Waals surface area contributed by atoms with E-state index in [1.807, 2.05) is 0 Å². The summed E-state index contributed by atoms with van der Waals surface area (Å²) in [5, 5.41) is 2.20. The summed E-state index contributed by atoms with van der Waals surface area (Å²) < 4.78 is 53.2. The zero-order chi connectivity index (χ0) is 26.2. The summed E-state index contributed by atoms with van der Waals surface area (Å²) in [7, 11) is -3.65. The average Bonchev–Trinajstić information content (AvgIpc) is 3.62. The van der Waals surface area contributed by atoms with E-state index in [2.05, 4.69) is 16.2 Å². The first-order valence-corrected chi connectivity index (χ1v) is 13.5. The Balaban J connectivity index is 1.61. The van der Waals surface area contributed by atoms with Crippen LogP contribution in [0.25, 0.3) is 0 Å². The number of hydrogen-bond donors (Lipinski definition) is 1. The number of hydrogen-bond acceptors (Lipinski definition) is 5. The van der Waals surface area contributed by atoms with Gasteiger partial charge in [0.15, 0.2) is 14.9 Å². The Morgan fingerprint density at radius 1 is 1.28 bits per heavy atom. The predicted molar refractivity (Wildman–Crippen MR) is 129 cm³/mol. The fourth-order valence-corrected chi connectivity index (χ4v) is 5.33. The van der Waals surface area contributed by atoms with Crippen LogP contribution in [0.5, 0.6) is 0 Å². The van der Waals surface area contributed by atoms with Crippen molar-refractivity contribution in [1.29, 1.82) is 0 Å². The Bertz CT molecular complexity index is 1360. The van der Waals surface area contributed by atoms with Gasteiger partial charge in [-0.05, 0) is 49.4 Å². The highest BCUT2D eigenvalue weighted by Crippen LogP contribution is 2.42. The molecule has 0 unspecified atom stereocenters. The molecule has 1 aromatic heterocycles. The first kappa shape index (κ1) is 26.0. The molecule has 2 aliphatic rings. The molecule has 2 fully saturated rings. The van der Waals surface area contributed by atoms with Gasteiger partial charge in [-0.15, -0.1) is 12.3 Å². The molecule has 36 heavy (non-hydrogen) atoms. The number of carbonyl (C=O) groups is 2. The number of pyridine rings is 1. The molecule has 1 saturated carbocycles. The lowest BCUT2D eigenvalue weighted by molar-refractivity contribution is -0.125. The maximum Gasteiger partial charge on any atom is 0.254 e. The standard InChI is InChI=1S/C25H24ClF2N3O4S/c1-3-14-9-21(31(13-14)25(33)16-7-8-29-22(10-16)36(34,35)4-2)24(32)30-23(15-5-6-15)17-11-20(28)18(26)12-19(17)27/h1,7-8,10-12,14-15,21,23H,4-6,9,13H2,2H3,(H,30,32)/t14-,21-,23-/m1/s1. The van der Waals surface area contributed by atoms with E-state index in [1.54, 1.807) is 0 Å². The van der Waals surface area contributed by atoms with E-state index >= 15 is 0 Å². The second kappa shape index (κ2) is 10.1. The lowest BCUT2D eigenvalue weighted by atomic mass is 10.00. The normalized spacial score (nSPS) is 20.6. The molecule has 3 atom stereocenters. The summed E-state index contributed by atoms with van der Waals surface area (Å²) >= 11 is 5.68. The van der Waals surface area contributed by atoms with Gasteiger partial charge in [-0.25, -0.2) is 22.2 Å². The Labute approximate surface area is 213 Å². The zero-order valence-electron chi connectivity index (χ0n) is 19.4. The fourth-order valence-electron chi connectivity index (χ4n) is 4.36. The first-order valence-electron chi connectivity index (χ1n) is 11.5. The number of rotatable bonds is 7. The van der Waals surface area contributed by atoms with Crippen LogP contribution in [0.3, 0.4) is 0 Å². The maximum absolute atomic E-state index is 14.7. The molecule has 0 spiro atoms. The molecule has 1 aliphatic heterocycles. The van der Waals surface area contributed by atoms with Gasteiger partial charge in [0.2, 0.25) is 5.91 Å². The second-order valence-electron chi connectivity index (χ2n) is 8.97. The molecule has 1 aromatic carbocycles. The first-order chi connectivity index (χ1) is 17.1. The SMILES string of the molecule is C#C[C@@H]1C[C@H](C(=O)N[C@@H](c2cc(F)c(Cl)cc2F)C2CC2)N(C(=O)c2ccnc(S(=O)(=O)CC)c2)C1. The number of halogens is 3. The minimum absolute atomic E-state index is 0.0133. The summed E-state index contributed by atoms with van der Waals surface area (Å²) in [5.41, 5.74) is 0.0396. The van der Waals surface area contributed by atoms with Crippen LogP contribution in [0.2, 0.25) is 5.02 Å². The molecule has 0 bridgehead atoms. The Morgan fingerprint density at radius 3 is 2.64 bits per heavy atom. The van der Waals surface area contributed by atoms with E-state index in [0.29, 0.717) is 0 Å². The lowest BCUT2D eigenvalue weighted by Gasteiger charge is -2.27. The van der Waals surface area contributed by atoms with Crippen molar-refractivity contribution >= 4 is 33.3 Å². The number of amides is 2. The molecule has 190 valence electrons. The van der Waals surface area contributed by atoms with Gasteiger partial charge in [-0.1, -0.05) is 18.5 Å². The molecule has 7 nitrogen and oxygen atoms in total. The van der Waals surface area contributed by atoms with Gasteiger partial charge in [-0.2, -0.15) is 0 Å². The minimum atomic E-state index is -3.65. The molecule has 1 aliphatic carbocycles. The number of benzene rings is 1. The number of aromatic nitrogens is 1. The van der Waals surface area contributed by atoms with Crippen molar-refractivity contribution in [3.05, 3.63) is 58.2 Å². The van der Waals surface area contributed by atoms with Gasteiger partial charge in [-0.3, -0.25) is 9.59 Å². The Kier molecular flexibility index (Phi) is 7.34. The quantitative estimate of drug-likeness (QED) is 0.432. The van der Waals surface area contributed by atoms with Crippen LogP contribution in [0.4, 0.5) is 8.78 Å². The van der Waals surface area contributed by atoms with Crippen LogP contribution < -0.4 is 5.32 Å². The zero-order valence-corrected chi connectivity index (χ0v) is 21.0. The lowest BCUT2D eigenvalue weighted by Crippen LogP contribution is -2.47. The molecule has 2 aromatic rings. The van der Waals surface area contributed by atoms with Crippen LogP contribution in [0.1, 0.15) is 48.1 Å². The van der Waals surface area contributed by atoms with E-state index in [0.717, 1.165) is 25.0 Å². The Morgan fingerprint density at radius 2 is 2.00 bits per heavy atom. The van der Waals surface area contributed by atoms with Crippen molar-refractivity contribution in [3.63, 3.8) is 0 Å². The molecular weight excluding hydrogens is 512 g/mol. The molecule has 0 radical (unpaired) electrons. The second-order valence-corrected chi connectivity index (χ2v) is 11.6. The highest BCUT2D eigenvalue weighted by Gasteiger charge is 2.42. The third-order valence-corrected chi connectivity index (χ3v) is 8.46. The largest absolute Gasteiger partial charge is 0.347 e. The summed E-state index contributed by atoms with van der Waals surface area (Å²) in [5.74, 6) is -0.769. The van der Waals surface area contributed by atoms with Crippen LogP contribution in [0.15, 0.2) is 35.5 Å². The predicted octanol–water partition coefficient (Wildman–Crippen LogP) is 3.54. The van der Waals surface area contributed by atoms with Crippen molar-refractivity contribution in [2.75, 3.05) is 12.3 Å². The van der Waals surface area contributed by atoms with Crippen LogP contribution in [-0.4, -0.2) is 48.5 Å². The summed E-state index contributed by atoms with van der Waals surface area (Å²) in [6.45, 7) is 1.55. The minimum Gasteiger partial charge on any atom is -0.347 e. The number of nitrogens with one attached hydrogen (secondary N) is 1. The summed E-state index contributed by atoms with van der Waals surface area (Å²) in [4.78, 5) is 31.9. The van der Waals surface area contributed by atoms with Crippen molar-refractivity contribution in [1.82, 2.24) is 15.2 Å². The molecule has 1 saturated heterocycles. The monoisotopic (exact) mass is 535 g/mol. The van der Waals surface area contributed by atoms with Crippen LogP contribution in [0, 0.1) is 35.8 Å². The maximum atomic E-state index is 14.7. The highest BCUT2D eigenvalue weighted by atomic mass is 35.5. The smallest absolute Gasteiger partial charge is 0.254 e. The van der Waals surface area contributed by atoms with Gasteiger partial charge in [0.1, 0.15) is 17.7 Å². The van der Waals surface area contributed by atoms with E-state index in [4.69, 9.17) is 18.0 Å². The van der Waals surface area contributed by atoms with E-state index in [9.17, 15) is 26.8 Å². The summed E-state index contributed by atoms with van der Waals surface area (Å²) in [6.07, 6.45) is 8.43. The highest BCUT2D eigenvalue weighted by molar-refractivity contribution is 7.91. The van der Waals surface area contributed by atoms with Crippen molar-refractivity contribution < 1.29 is 26.8 Å². The number of nitrogens with zero attached hydrogens (tertiary/aromatic N) is 2. The molecule has 2 amide bonds. The fraction of sp³-hybridized carbons (Fsp3) is 0.400. The van der Waals surface area contributed by atoms with Crippen LogP contribution >= 0.6 is 11.6 Å². The summed E-state index contributed by atoms with van der Waals surface area (Å²) in [6, 6.07) is 2.63. The van der Waals surface area contributed by atoms with Crippen molar-refractivity contribution in [2.24, 2.45) is 11.8 Å². The molecule has 1 N–H and O–H groups in total. The molecular formula is C25H24ClF2N3O4S. The van der Waals surface area contributed by atoms with Gasteiger partial charge >= 0.3 is 0 Å². The molecule has 4 rings (SSSR count). The number of carbonyl (C=O) groups excluding carboxylic acids is 2. The van der Waals surface area contributed by atoms with Crippen molar-refractivity contribution in [2.45, 2.75) is 43.3 Å². The Hall–Kier alpha value is -3.03. The van der Waals surface area contributed by atoms with Gasteiger partial charge in [0.25, 0.3) is 5.91 Å². The van der Waals surface area contributed by atoms with Gasteiger partial charge in [0.05, 0.1) is 16.8 Å². The topological polar surface area (TPSA) is 96.4 Å². The van der Waals surface area contributed by atoms with E-state index in [1.165, 1.54) is 30.2 Å². The number of sulfone groups is 1. The van der Waals surface area contributed by atoms with Gasteiger partial charge < -0.3 is 10.2 Å². The third kappa shape index (κ3) is 5.22. The van der Waals surface area contributed by atoms with Crippen LogP contribution in [-0.2, 0) is 14.6 Å². The van der Waals surface area contributed by atoms with Crippen molar-refractivity contribution in [3.8, 4) is 12.3 Å². The van der Waals surface area contributed by atoms with E-state index in [-0.39, 0.29) is 45.8 Å². The van der Waals surface area contributed by atoms with Gasteiger partial charge in [0, 0.05) is 29.8 Å². The third-order valence-electron chi connectivity index (χ3n) is 6.55. The number of terminal acetylenes is 1.